The Kier molecular flexibility index (Phi) is 5.66. The molecule has 0 amide bonds. The standard InChI is InChI=1S/C15H18ClN3/c16-15-6-4-14(5-7-15)3-1-8-17-9-2-11-19-12-10-18-13-19/h1,3-7,10,12-13,17H,2,8-9,11H2/b3-1+. The lowest BCUT2D eigenvalue weighted by Gasteiger charge is -2.02. The molecule has 0 fully saturated rings. The van der Waals surface area contributed by atoms with Gasteiger partial charge in [-0.3, -0.25) is 0 Å². The van der Waals surface area contributed by atoms with E-state index in [-0.39, 0.29) is 0 Å². The van der Waals surface area contributed by atoms with Crippen LogP contribution in [0.25, 0.3) is 6.08 Å². The molecule has 0 aliphatic rings. The molecule has 0 radical (unpaired) electrons. The third kappa shape index (κ3) is 5.28. The third-order valence-electron chi connectivity index (χ3n) is 2.77. The van der Waals surface area contributed by atoms with E-state index in [2.05, 4.69) is 27.0 Å². The van der Waals surface area contributed by atoms with Gasteiger partial charge < -0.3 is 9.88 Å². The predicted octanol–water partition coefficient (Wildman–Crippen LogP) is 3.23. The highest BCUT2D eigenvalue weighted by Gasteiger charge is 1.90. The topological polar surface area (TPSA) is 29.9 Å². The molecule has 0 unspecified atom stereocenters. The highest BCUT2D eigenvalue weighted by Crippen LogP contribution is 2.10. The van der Waals surface area contributed by atoms with Crippen molar-refractivity contribution >= 4 is 17.7 Å². The van der Waals surface area contributed by atoms with Gasteiger partial charge in [0.15, 0.2) is 0 Å². The molecule has 19 heavy (non-hydrogen) atoms. The highest BCUT2D eigenvalue weighted by atomic mass is 35.5. The Morgan fingerprint density at radius 3 is 2.84 bits per heavy atom. The van der Waals surface area contributed by atoms with E-state index in [1.54, 1.807) is 0 Å². The van der Waals surface area contributed by atoms with Gasteiger partial charge in [0.25, 0.3) is 0 Å². The van der Waals surface area contributed by atoms with Gasteiger partial charge in [-0.15, -0.1) is 0 Å². The van der Waals surface area contributed by atoms with Crippen molar-refractivity contribution < 1.29 is 0 Å². The Morgan fingerprint density at radius 2 is 2.11 bits per heavy atom. The van der Waals surface area contributed by atoms with Crippen molar-refractivity contribution in [2.24, 2.45) is 0 Å². The van der Waals surface area contributed by atoms with Gasteiger partial charge in [0, 0.05) is 30.5 Å². The van der Waals surface area contributed by atoms with E-state index in [9.17, 15) is 0 Å². The van der Waals surface area contributed by atoms with Crippen LogP contribution in [0.15, 0.2) is 49.1 Å². The van der Waals surface area contributed by atoms with Crippen molar-refractivity contribution in [3.05, 3.63) is 59.6 Å². The molecule has 4 heteroatoms. The predicted molar refractivity (Wildman–Crippen MR) is 80.2 cm³/mol. The van der Waals surface area contributed by atoms with E-state index in [0.29, 0.717) is 0 Å². The number of benzene rings is 1. The minimum atomic E-state index is 0.773. The van der Waals surface area contributed by atoms with Gasteiger partial charge >= 0.3 is 0 Å². The van der Waals surface area contributed by atoms with Gasteiger partial charge in [-0.2, -0.15) is 0 Å². The second-order valence-corrected chi connectivity index (χ2v) is 4.75. The van der Waals surface area contributed by atoms with Crippen LogP contribution in [0.1, 0.15) is 12.0 Å². The summed E-state index contributed by atoms with van der Waals surface area (Å²) in [4.78, 5) is 4.01. The summed E-state index contributed by atoms with van der Waals surface area (Å²) in [5.41, 5.74) is 1.17. The molecule has 2 rings (SSSR count). The normalized spacial score (nSPS) is 11.2. The van der Waals surface area contributed by atoms with Gasteiger partial charge in [0.05, 0.1) is 6.33 Å². The molecule has 100 valence electrons. The molecule has 0 saturated heterocycles. The van der Waals surface area contributed by atoms with Crippen LogP contribution in [0.3, 0.4) is 0 Å². The summed E-state index contributed by atoms with van der Waals surface area (Å²) in [5, 5.41) is 4.16. The average Bonchev–Trinajstić information content (AvgIpc) is 2.93. The lowest BCUT2D eigenvalue weighted by molar-refractivity contribution is 0.600. The molecule has 1 aromatic carbocycles. The van der Waals surface area contributed by atoms with Crippen molar-refractivity contribution in [3.63, 3.8) is 0 Å². The van der Waals surface area contributed by atoms with E-state index in [0.717, 1.165) is 31.1 Å². The van der Waals surface area contributed by atoms with E-state index >= 15 is 0 Å². The number of nitrogens with zero attached hydrogens (tertiary/aromatic N) is 2. The first-order valence-electron chi connectivity index (χ1n) is 6.43. The van der Waals surface area contributed by atoms with Crippen LogP contribution in [-0.4, -0.2) is 22.6 Å². The van der Waals surface area contributed by atoms with E-state index in [1.165, 1.54) is 5.56 Å². The zero-order valence-corrected chi connectivity index (χ0v) is 11.6. The number of halogens is 1. The summed E-state index contributed by atoms with van der Waals surface area (Å²) in [7, 11) is 0. The van der Waals surface area contributed by atoms with Crippen LogP contribution in [0, 0.1) is 0 Å². The number of aromatic nitrogens is 2. The van der Waals surface area contributed by atoms with Crippen LogP contribution in [0.4, 0.5) is 0 Å². The summed E-state index contributed by atoms with van der Waals surface area (Å²) < 4.78 is 2.09. The molecule has 3 nitrogen and oxygen atoms in total. The first-order valence-corrected chi connectivity index (χ1v) is 6.81. The molecule has 0 spiro atoms. The van der Waals surface area contributed by atoms with Crippen molar-refractivity contribution in [1.29, 1.82) is 0 Å². The number of imidazole rings is 1. The maximum atomic E-state index is 5.83. The molecule has 0 aliphatic heterocycles. The fourth-order valence-electron chi connectivity index (χ4n) is 1.76. The van der Waals surface area contributed by atoms with Crippen molar-refractivity contribution in [2.45, 2.75) is 13.0 Å². The molecule has 0 saturated carbocycles. The summed E-state index contributed by atoms with van der Waals surface area (Å²) >= 11 is 5.83. The van der Waals surface area contributed by atoms with Crippen LogP contribution >= 0.6 is 11.6 Å². The summed E-state index contributed by atoms with van der Waals surface area (Å²) in [5.74, 6) is 0. The Labute approximate surface area is 118 Å². The Balaban J connectivity index is 1.57. The fourth-order valence-corrected chi connectivity index (χ4v) is 1.89. The molecular formula is C15H18ClN3. The third-order valence-corrected chi connectivity index (χ3v) is 3.02. The number of aryl methyl sites for hydroxylation is 1. The molecule has 1 aromatic heterocycles. The maximum absolute atomic E-state index is 5.83. The van der Waals surface area contributed by atoms with Gasteiger partial charge in [-0.1, -0.05) is 35.9 Å². The summed E-state index contributed by atoms with van der Waals surface area (Å²) in [6.07, 6.45) is 11.0. The second kappa shape index (κ2) is 7.77. The highest BCUT2D eigenvalue weighted by molar-refractivity contribution is 6.30. The van der Waals surface area contributed by atoms with Gasteiger partial charge in [-0.05, 0) is 30.7 Å². The van der Waals surface area contributed by atoms with Gasteiger partial charge in [0.1, 0.15) is 0 Å². The van der Waals surface area contributed by atoms with E-state index in [1.807, 2.05) is 43.0 Å². The zero-order valence-electron chi connectivity index (χ0n) is 10.8. The summed E-state index contributed by atoms with van der Waals surface area (Å²) in [6, 6.07) is 7.83. The smallest absolute Gasteiger partial charge is 0.0945 e. The van der Waals surface area contributed by atoms with Crippen LogP contribution < -0.4 is 5.32 Å². The average molecular weight is 276 g/mol. The molecule has 0 atom stereocenters. The zero-order chi connectivity index (χ0) is 13.3. The molecule has 1 N–H and O–H groups in total. The Hall–Kier alpha value is -1.58. The van der Waals surface area contributed by atoms with Crippen molar-refractivity contribution in [2.75, 3.05) is 13.1 Å². The monoisotopic (exact) mass is 275 g/mol. The minimum absolute atomic E-state index is 0.773. The summed E-state index contributed by atoms with van der Waals surface area (Å²) in [6.45, 7) is 2.89. The first-order chi connectivity index (χ1) is 9.34. The molecule has 1 heterocycles. The van der Waals surface area contributed by atoms with E-state index < -0.39 is 0 Å². The van der Waals surface area contributed by atoms with Crippen LogP contribution in [0.5, 0.6) is 0 Å². The molecule has 0 aliphatic carbocycles. The number of nitrogens with one attached hydrogen (secondary N) is 1. The van der Waals surface area contributed by atoms with E-state index in [4.69, 9.17) is 11.6 Å². The maximum Gasteiger partial charge on any atom is 0.0945 e. The van der Waals surface area contributed by atoms with Crippen LogP contribution in [0.2, 0.25) is 5.02 Å². The lowest BCUT2D eigenvalue weighted by atomic mass is 10.2. The lowest BCUT2D eigenvalue weighted by Crippen LogP contribution is -2.16. The Morgan fingerprint density at radius 1 is 1.26 bits per heavy atom. The SMILES string of the molecule is Clc1ccc(/C=C/CNCCCn2ccnc2)cc1. The van der Waals surface area contributed by atoms with Crippen molar-refractivity contribution in [1.82, 2.24) is 14.9 Å². The first kappa shape index (κ1) is 13.8. The number of rotatable bonds is 7. The molecule has 2 aromatic rings. The molecule has 0 bridgehead atoms. The quantitative estimate of drug-likeness (QED) is 0.786. The Bertz CT molecular complexity index is 489. The molecular weight excluding hydrogens is 258 g/mol. The largest absolute Gasteiger partial charge is 0.337 e. The second-order valence-electron chi connectivity index (χ2n) is 4.31. The fraction of sp³-hybridized carbons (Fsp3) is 0.267. The number of hydrogen-bond donors (Lipinski definition) is 1. The van der Waals surface area contributed by atoms with Crippen molar-refractivity contribution in [3.8, 4) is 0 Å². The van der Waals surface area contributed by atoms with Crippen LogP contribution in [-0.2, 0) is 6.54 Å². The minimum Gasteiger partial charge on any atom is -0.337 e. The van der Waals surface area contributed by atoms with Gasteiger partial charge in [-0.25, -0.2) is 4.98 Å². The number of hydrogen-bond acceptors (Lipinski definition) is 2. The van der Waals surface area contributed by atoms with Gasteiger partial charge in [0.2, 0.25) is 0 Å².